The van der Waals surface area contributed by atoms with Crippen LogP contribution in [0.3, 0.4) is 0 Å². The zero-order valence-corrected chi connectivity index (χ0v) is 15.6. The first kappa shape index (κ1) is 19.9. The largest absolute Gasteiger partial charge is 0.475 e. The molecule has 11 heteroatoms. The van der Waals surface area contributed by atoms with Crippen LogP contribution in [-0.4, -0.2) is 51.9 Å². The quantitative estimate of drug-likeness (QED) is 0.452. The van der Waals surface area contributed by atoms with Crippen molar-refractivity contribution in [1.82, 2.24) is 30.4 Å². The fraction of sp³-hybridized carbons (Fsp3) is 0.529. The Bertz CT molecular complexity index is 834. The predicted molar refractivity (Wildman–Crippen MR) is 96.1 cm³/mol. The highest BCUT2D eigenvalue weighted by Crippen LogP contribution is 2.34. The van der Waals surface area contributed by atoms with E-state index in [4.69, 9.17) is 4.74 Å². The van der Waals surface area contributed by atoms with Gasteiger partial charge < -0.3 is 15.4 Å². The van der Waals surface area contributed by atoms with Crippen molar-refractivity contribution in [2.45, 2.75) is 38.5 Å². The minimum absolute atomic E-state index is 0.0118. The van der Waals surface area contributed by atoms with Crippen LogP contribution in [0.2, 0.25) is 0 Å². The molecule has 0 bridgehead atoms. The molecule has 0 saturated carbocycles. The lowest BCUT2D eigenvalue weighted by molar-refractivity contribution is -0.139. The molecule has 1 atom stereocenters. The van der Waals surface area contributed by atoms with Gasteiger partial charge in [0.25, 0.3) is 0 Å². The highest BCUT2D eigenvalue weighted by Gasteiger charge is 2.35. The van der Waals surface area contributed by atoms with Gasteiger partial charge in [0.15, 0.2) is 5.96 Å². The molecule has 2 aromatic heterocycles. The summed E-state index contributed by atoms with van der Waals surface area (Å²) in [6.45, 7) is 2.82. The maximum absolute atomic E-state index is 12.9. The number of aromatic nitrogens is 4. The Kier molecular flexibility index (Phi) is 6.00. The van der Waals surface area contributed by atoms with Crippen LogP contribution in [0.5, 0.6) is 5.88 Å². The van der Waals surface area contributed by atoms with E-state index in [1.807, 2.05) is 11.6 Å². The van der Waals surface area contributed by atoms with Crippen molar-refractivity contribution in [2.75, 3.05) is 20.2 Å². The molecular formula is C17H22F3N7O. The Labute approximate surface area is 160 Å². The molecule has 2 N–H and O–H groups in total. The summed E-state index contributed by atoms with van der Waals surface area (Å²) in [5.41, 5.74) is -0.890. The van der Waals surface area contributed by atoms with Crippen molar-refractivity contribution in [2.24, 2.45) is 4.99 Å². The Morgan fingerprint density at radius 1 is 1.43 bits per heavy atom. The lowest BCUT2D eigenvalue weighted by Gasteiger charge is -2.25. The summed E-state index contributed by atoms with van der Waals surface area (Å²) in [6, 6.07) is 2.30. The SMILES string of the molecule is CN=C(NCCOc1ncccc1C(F)(F)F)NC1CCc2nc(C)nn2C1. The average molecular weight is 397 g/mol. The third-order valence-corrected chi connectivity index (χ3v) is 4.24. The molecule has 1 aliphatic heterocycles. The highest BCUT2D eigenvalue weighted by molar-refractivity contribution is 5.79. The molecule has 0 radical (unpaired) electrons. The fourth-order valence-corrected chi connectivity index (χ4v) is 2.98. The van der Waals surface area contributed by atoms with Gasteiger partial charge in [0, 0.05) is 25.7 Å². The summed E-state index contributed by atoms with van der Waals surface area (Å²) in [6.07, 6.45) is -1.54. The molecule has 1 unspecified atom stereocenters. The zero-order chi connectivity index (χ0) is 20.1. The minimum atomic E-state index is -4.51. The molecule has 0 saturated heterocycles. The first-order chi connectivity index (χ1) is 13.4. The average Bonchev–Trinajstić information content (AvgIpc) is 3.03. The molecule has 2 aromatic rings. The number of hydrogen-bond donors (Lipinski definition) is 2. The van der Waals surface area contributed by atoms with Crippen molar-refractivity contribution in [3.8, 4) is 5.88 Å². The van der Waals surface area contributed by atoms with Crippen LogP contribution in [0, 0.1) is 6.92 Å². The smallest absolute Gasteiger partial charge is 0.421 e. The number of nitrogens with one attached hydrogen (secondary N) is 2. The summed E-state index contributed by atoms with van der Waals surface area (Å²) >= 11 is 0. The van der Waals surface area contributed by atoms with Crippen molar-refractivity contribution >= 4 is 5.96 Å². The predicted octanol–water partition coefficient (Wildman–Crippen LogP) is 1.56. The van der Waals surface area contributed by atoms with Crippen LogP contribution in [0.25, 0.3) is 0 Å². The third-order valence-electron chi connectivity index (χ3n) is 4.24. The van der Waals surface area contributed by atoms with Gasteiger partial charge >= 0.3 is 6.18 Å². The second-order valence-electron chi connectivity index (χ2n) is 6.34. The summed E-state index contributed by atoms with van der Waals surface area (Å²) in [4.78, 5) is 12.2. The molecule has 0 aliphatic carbocycles. The number of aryl methyl sites for hydroxylation is 2. The second kappa shape index (κ2) is 8.44. The summed E-state index contributed by atoms with van der Waals surface area (Å²) < 4.78 is 45.9. The van der Waals surface area contributed by atoms with Crippen molar-refractivity contribution < 1.29 is 17.9 Å². The zero-order valence-electron chi connectivity index (χ0n) is 15.6. The first-order valence-electron chi connectivity index (χ1n) is 8.89. The van der Waals surface area contributed by atoms with Crippen LogP contribution in [0.15, 0.2) is 23.3 Å². The molecule has 0 amide bonds. The Hall–Kier alpha value is -2.85. The standard InChI is InChI=1S/C17H22F3N7O/c1-11-24-14-6-5-12(10-27(14)26-11)25-16(21-2)23-8-9-28-15-13(17(18,19)20)4-3-7-22-15/h3-4,7,12H,5-6,8-10H2,1-2H3,(H2,21,23,25). The van der Waals surface area contributed by atoms with Gasteiger partial charge in [0.05, 0.1) is 13.1 Å². The van der Waals surface area contributed by atoms with E-state index in [1.54, 1.807) is 7.05 Å². The van der Waals surface area contributed by atoms with Crippen molar-refractivity contribution in [1.29, 1.82) is 0 Å². The highest BCUT2D eigenvalue weighted by atomic mass is 19.4. The summed E-state index contributed by atoms with van der Waals surface area (Å²) in [5, 5.41) is 10.7. The summed E-state index contributed by atoms with van der Waals surface area (Å²) in [7, 11) is 1.63. The number of aliphatic imine (C=N–C) groups is 1. The van der Waals surface area contributed by atoms with Crippen molar-refractivity contribution in [3.63, 3.8) is 0 Å². The molecule has 8 nitrogen and oxygen atoms in total. The van der Waals surface area contributed by atoms with Gasteiger partial charge in [-0.25, -0.2) is 14.6 Å². The maximum atomic E-state index is 12.9. The lowest BCUT2D eigenvalue weighted by atomic mass is 10.1. The molecule has 3 rings (SSSR count). The van der Waals surface area contributed by atoms with E-state index in [9.17, 15) is 13.2 Å². The molecule has 0 aromatic carbocycles. The number of rotatable bonds is 5. The van der Waals surface area contributed by atoms with E-state index >= 15 is 0 Å². The topological polar surface area (TPSA) is 89.2 Å². The van der Waals surface area contributed by atoms with E-state index in [0.717, 1.165) is 30.6 Å². The number of guanidine groups is 1. The number of ether oxygens (including phenoxy) is 1. The van der Waals surface area contributed by atoms with E-state index in [-0.39, 0.29) is 19.2 Å². The van der Waals surface area contributed by atoms with Crippen LogP contribution in [-0.2, 0) is 19.1 Å². The van der Waals surface area contributed by atoms with E-state index < -0.39 is 17.6 Å². The van der Waals surface area contributed by atoms with E-state index in [2.05, 4.69) is 30.7 Å². The van der Waals surface area contributed by atoms with Gasteiger partial charge in [-0.1, -0.05) is 0 Å². The second-order valence-corrected chi connectivity index (χ2v) is 6.34. The van der Waals surface area contributed by atoms with Crippen LogP contribution in [0.4, 0.5) is 13.2 Å². The molecule has 3 heterocycles. The number of halogens is 3. The number of nitrogens with zero attached hydrogens (tertiary/aromatic N) is 5. The molecule has 28 heavy (non-hydrogen) atoms. The van der Waals surface area contributed by atoms with Gasteiger partial charge in [-0.05, 0) is 25.5 Å². The number of hydrogen-bond acceptors (Lipinski definition) is 5. The minimum Gasteiger partial charge on any atom is -0.475 e. The lowest BCUT2D eigenvalue weighted by Crippen LogP contribution is -2.47. The molecule has 1 aliphatic rings. The third kappa shape index (κ3) is 4.90. The fourth-order valence-electron chi connectivity index (χ4n) is 2.98. The van der Waals surface area contributed by atoms with Crippen molar-refractivity contribution in [3.05, 3.63) is 35.5 Å². The van der Waals surface area contributed by atoms with Crippen LogP contribution < -0.4 is 15.4 Å². The van der Waals surface area contributed by atoms with Gasteiger partial charge in [0.2, 0.25) is 5.88 Å². The van der Waals surface area contributed by atoms with Gasteiger partial charge in [-0.2, -0.15) is 18.3 Å². The molecule has 152 valence electrons. The molecule has 0 fully saturated rings. The van der Waals surface area contributed by atoms with Gasteiger partial charge in [0.1, 0.15) is 23.8 Å². The summed E-state index contributed by atoms with van der Waals surface area (Å²) in [5.74, 6) is 1.85. The Morgan fingerprint density at radius 3 is 3.00 bits per heavy atom. The van der Waals surface area contributed by atoms with Crippen LogP contribution >= 0.6 is 0 Å². The normalized spacial score (nSPS) is 17.2. The maximum Gasteiger partial charge on any atom is 0.421 e. The Balaban J connectivity index is 1.47. The van der Waals surface area contributed by atoms with E-state index in [1.165, 1.54) is 12.3 Å². The van der Waals surface area contributed by atoms with Crippen LogP contribution in [0.1, 0.15) is 23.6 Å². The molecule has 0 spiro atoms. The van der Waals surface area contributed by atoms with E-state index in [0.29, 0.717) is 12.5 Å². The first-order valence-corrected chi connectivity index (χ1v) is 8.89. The Morgan fingerprint density at radius 2 is 2.25 bits per heavy atom. The monoisotopic (exact) mass is 397 g/mol. The molecular weight excluding hydrogens is 375 g/mol. The van der Waals surface area contributed by atoms with Gasteiger partial charge in [-0.3, -0.25) is 4.99 Å². The number of pyridine rings is 1. The van der Waals surface area contributed by atoms with Gasteiger partial charge in [-0.15, -0.1) is 0 Å². The number of fused-ring (bicyclic) bond motifs is 1. The number of alkyl halides is 3.